The number of pyridine rings is 1. The minimum atomic E-state index is 0.643. The highest BCUT2D eigenvalue weighted by molar-refractivity contribution is 5.03. The van der Waals surface area contributed by atoms with Crippen LogP contribution in [0.25, 0.3) is 0 Å². The van der Waals surface area contributed by atoms with Crippen molar-refractivity contribution in [1.82, 2.24) is 9.88 Å². The Labute approximate surface area is 163 Å². The maximum absolute atomic E-state index is 4.58. The molecule has 0 fully saturated rings. The summed E-state index contributed by atoms with van der Waals surface area (Å²) in [6.07, 6.45) is 18.3. The van der Waals surface area contributed by atoms with E-state index in [1.165, 1.54) is 82.7 Å². The normalized spacial score (nSPS) is 13.9. The first-order valence-electron chi connectivity index (χ1n) is 11.3. The molecular weight excluding hydrogens is 316 g/mol. The summed E-state index contributed by atoms with van der Waals surface area (Å²) in [4.78, 5) is 7.29. The van der Waals surface area contributed by atoms with Gasteiger partial charge in [0.15, 0.2) is 0 Å². The first-order valence-corrected chi connectivity index (χ1v) is 11.3. The monoisotopic (exact) mass is 360 g/mol. The van der Waals surface area contributed by atoms with E-state index in [0.717, 1.165) is 6.54 Å². The highest BCUT2D eigenvalue weighted by atomic mass is 15.2. The highest BCUT2D eigenvalue weighted by Gasteiger charge is 2.20. The van der Waals surface area contributed by atoms with Crippen molar-refractivity contribution in [2.24, 2.45) is 0 Å². The number of aromatic nitrogens is 1. The molecule has 150 valence electrons. The molecule has 0 saturated carbocycles. The Bertz CT molecular complexity index is 397. The molecular formula is C24H44N2. The second-order valence-electron chi connectivity index (χ2n) is 8.10. The molecule has 1 aromatic rings. The van der Waals surface area contributed by atoms with Crippen molar-refractivity contribution in [1.29, 1.82) is 0 Å². The van der Waals surface area contributed by atoms with Crippen LogP contribution in [0, 0.1) is 0 Å². The maximum Gasteiger partial charge on any atom is 0.0544 e. The zero-order valence-corrected chi connectivity index (χ0v) is 18.1. The third kappa shape index (κ3) is 10.3. The Kier molecular flexibility index (Phi) is 13.5. The summed E-state index contributed by atoms with van der Waals surface area (Å²) in [5.74, 6) is 0. The lowest BCUT2D eigenvalue weighted by atomic mass is 10.0. The number of rotatable bonds is 16. The smallest absolute Gasteiger partial charge is 0.0544 e. The SMILES string of the molecule is CCCCCCCC(C)N(Cc1ccccn1)C(C)CCCCCCC. The van der Waals surface area contributed by atoms with E-state index < -0.39 is 0 Å². The molecule has 0 spiro atoms. The zero-order valence-electron chi connectivity index (χ0n) is 18.1. The van der Waals surface area contributed by atoms with Gasteiger partial charge in [0.1, 0.15) is 0 Å². The van der Waals surface area contributed by atoms with Gasteiger partial charge in [-0.15, -0.1) is 0 Å². The molecule has 0 aliphatic rings. The first kappa shape index (κ1) is 23.1. The predicted molar refractivity (Wildman–Crippen MR) is 115 cm³/mol. The van der Waals surface area contributed by atoms with Gasteiger partial charge in [-0.05, 0) is 38.8 Å². The second kappa shape index (κ2) is 15.2. The summed E-state index contributed by atoms with van der Waals surface area (Å²) in [7, 11) is 0. The lowest BCUT2D eigenvalue weighted by Crippen LogP contribution is -2.40. The minimum Gasteiger partial charge on any atom is -0.292 e. The Morgan fingerprint density at radius 1 is 0.769 bits per heavy atom. The van der Waals surface area contributed by atoms with Crippen LogP contribution in [0.5, 0.6) is 0 Å². The van der Waals surface area contributed by atoms with E-state index in [1.807, 2.05) is 12.3 Å². The first-order chi connectivity index (χ1) is 12.7. The average molecular weight is 361 g/mol. The number of hydrogen-bond donors (Lipinski definition) is 0. The largest absolute Gasteiger partial charge is 0.292 e. The fourth-order valence-corrected chi connectivity index (χ4v) is 3.84. The number of hydrogen-bond acceptors (Lipinski definition) is 2. The Morgan fingerprint density at radius 2 is 1.31 bits per heavy atom. The molecule has 0 aliphatic carbocycles. The van der Waals surface area contributed by atoms with Crippen LogP contribution in [-0.2, 0) is 6.54 Å². The Balaban J connectivity index is 2.51. The van der Waals surface area contributed by atoms with E-state index >= 15 is 0 Å². The lowest BCUT2D eigenvalue weighted by molar-refractivity contribution is 0.125. The Morgan fingerprint density at radius 3 is 1.77 bits per heavy atom. The van der Waals surface area contributed by atoms with Gasteiger partial charge in [0.25, 0.3) is 0 Å². The van der Waals surface area contributed by atoms with Crippen LogP contribution >= 0.6 is 0 Å². The van der Waals surface area contributed by atoms with Crippen molar-refractivity contribution in [2.45, 2.75) is 123 Å². The van der Waals surface area contributed by atoms with Crippen molar-refractivity contribution >= 4 is 0 Å². The van der Waals surface area contributed by atoms with E-state index in [1.54, 1.807) is 0 Å². The molecule has 1 rings (SSSR count). The predicted octanol–water partition coefficient (Wildman–Crippen LogP) is 7.38. The van der Waals surface area contributed by atoms with Crippen LogP contribution in [0.4, 0.5) is 0 Å². The minimum absolute atomic E-state index is 0.643. The number of nitrogens with zero attached hydrogens (tertiary/aromatic N) is 2. The summed E-state index contributed by atoms with van der Waals surface area (Å²) in [6, 6.07) is 7.59. The van der Waals surface area contributed by atoms with Gasteiger partial charge in [-0.25, -0.2) is 0 Å². The van der Waals surface area contributed by atoms with Gasteiger partial charge in [0.2, 0.25) is 0 Å². The summed E-state index contributed by atoms with van der Waals surface area (Å²) in [6.45, 7) is 10.4. The fourth-order valence-electron chi connectivity index (χ4n) is 3.84. The summed E-state index contributed by atoms with van der Waals surface area (Å²) >= 11 is 0. The Hall–Kier alpha value is -0.890. The van der Waals surface area contributed by atoms with Crippen LogP contribution in [0.1, 0.15) is 110 Å². The molecule has 2 atom stereocenters. The van der Waals surface area contributed by atoms with Crippen molar-refractivity contribution in [2.75, 3.05) is 0 Å². The number of unbranched alkanes of at least 4 members (excludes halogenated alkanes) is 8. The van der Waals surface area contributed by atoms with Crippen LogP contribution in [-0.4, -0.2) is 22.0 Å². The molecule has 2 unspecified atom stereocenters. The third-order valence-corrected chi connectivity index (χ3v) is 5.65. The maximum atomic E-state index is 4.58. The second-order valence-corrected chi connectivity index (χ2v) is 8.10. The van der Waals surface area contributed by atoms with Gasteiger partial charge in [0.05, 0.1) is 5.69 Å². The van der Waals surface area contributed by atoms with Gasteiger partial charge in [-0.2, -0.15) is 0 Å². The van der Waals surface area contributed by atoms with Gasteiger partial charge in [0, 0.05) is 24.8 Å². The standard InChI is InChI=1S/C24H44N2/c1-5-7-9-11-13-17-22(3)26(21-24-19-15-16-20-25-24)23(4)18-14-12-10-8-6-2/h15-16,19-20,22-23H,5-14,17-18,21H2,1-4H3. The van der Waals surface area contributed by atoms with Crippen molar-refractivity contribution in [3.8, 4) is 0 Å². The summed E-state index contributed by atoms with van der Waals surface area (Å²) < 4.78 is 0. The lowest BCUT2D eigenvalue weighted by Gasteiger charge is -2.35. The van der Waals surface area contributed by atoms with E-state index in [4.69, 9.17) is 0 Å². The highest BCUT2D eigenvalue weighted by Crippen LogP contribution is 2.20. The molecule has 1 aromatic heterocycles. The molecule has 26 heavy (non-hydrogen) atoms. The summed E-state index contributed by atoms with van der Waals surface area (Å²) in [5, 5.41) is 0. The van der Waals surface area contributed by atoms with Gasteiger partial charge < -0.3 is 0 Å². The van der Waals surface area contributed by atoms with E-state index in [-0.39, 0.29) is 0 Å². The quantitative estimate of drug-likeness (QED) is 0.286. The van der Waals surface area contributed by atoms with E-state index in [2.05, 4.69) is 49.7 Å². The molecule has 0 bridgehead atoms. The molecule has 2 heteroatoms. The molecule has 0 amide bonds. The van der Waals surface area contributed by atoms with Crippen molar-refractivity contribution in [3.63, 3.8) is 0 Å². The molecule has 1 heterocycles. The van der Waals surface area contributed by atoms with Crippen LogP contribution in [0.15, 0.2) is 24.4 Å². The molecule has 0 aliphatic heterocycles. The van der Waals surface area contributed by atoms with Gasteiger partial charge >= 0.3 is 0 Å². The van der Waals surface area contributed by atoms with Crippen LogP contribution in [0.2, 0.25) is 0 Å². The van der Waals surface area contributed by atoms with Gasteiger partial charge in [-0.3, -0.25) is 9.88 Å². The van der Waals surface area contributed by atoms with Crippen molar-refractivity contribution < 1.29 is 0 Å². The summed E-state index contributed by atoms with van der Waals surface area (Å²) in [5.41, 5.74) is 1.21. The molecule has 0 saturated heterocycles. The molecule has 0 aromatic carbocycles. The molecule has 2 nitrogen and oxygen atoms in total. The van der Waals surface area contributed by atoms with Gasteiger partial charge in [-0.1, -0.05) is 84.1 Å². The fraction of sp³-hybridized carbons (Fsp3) is 0.792. The van der Waals surface area contributed by atoms with Crippen LogP contribution in [0.3, 0.4) is 0 Å². The molecule has 0 radical (unpaired) electrons. The van der Waals surface area contributed by atoms with Crippen LogP contribution < -0.4 is 0 Å². The molecule has 0 N–H and O–H groups in total. The topological polar surface area (TPSA) is 16.1 Å². The zero-order chi connectivity index (χ0) is 19.0. The third-order valence-electron chi connectivity index (χ3n) is 5.65. The van der Waals surface area contributed by atoms with E-state index in [0.29, 0.717) is 12.1 Å². The average Bonchev–Trinajstić information content (AvgIpc) is 2.66. The van der Waals surface area contributed by atoms with Crippen molar-refractivity contribution in [3.05, 3.63) is 30.1 Å². The van der Waals surface area contributed by atoms with E-state index in [9.17, 15) is 0 Å².